The third-order valence-corrected chi connectivity index (χ3v) is 3.86. The molecule has 1 aromatic heterocycles. The van der Waals surface area contributed by atoms with Crippen LogP contribution in [0.5, 0.6) is 0 Å². The van der Waals surface area contributed by atoms with Crippen molar-refractivity contribution in [3.05, 3.63) is 23.7 Å². The first-order chi connectivity index (χ1) is 8.19. The Kier molecular flexibility index (Phi) is 6.70. The van der Waals surface area contributed by atoms with Gasteiger partial charge in [-0.25, -0.2) is 0 Å². The topological polar surface area (TPSA) is 42.4 Å². The second kappa shape index (κ2) is 7.80. The van der Waals surface area contributed by atoms with E-state index in [1.165, 1.54) is 24.2 Å². The van der Waals surface area contributed by atoms with E-state index in [1.54, 1.807) is 6.26 Å². The standard InChI is InChI=1S/C13H24N2OS/c1-11-12(6-7-16-11)10-15(2)13(9-14)5-4-8-17-3/h6-7,13H,4-5,8-10,14H2,1-3H3. The Hall–Kier alpha value is -0.450. The molecule has 0 aromatic carbocycles. The van der Waals surface area contributed by atoms with E-state index < -0.39 is 0 Å². The first kappa shape index (κ1) is 14.6. The molecule has 0 radical (unpaired) electrons. The Balaban J connectivity index is 2.43. The van der Waals surface area contributed by atoms with Crippen LogP contribution in [0.15, 0.2) is 16.7 Å². The van der Waals surface area contributed by atoms with Crippen LogP contribution in [0.3, 0.4) is 0 Å². The molecule has 0 saturated carbocycles. The minimum Gasteiger partial charge on any atom is -0.469 e. The summed E-state index contributed by atoms with van der Waals surface area (Å²) in [6.45, 7) is 3.65. The number of rotatable bonds is 8. The summed E-state index contributed by atoms with van der Waals surface area (Å²) in [7, 11) is 2.14. The van der Waals surface area contributed by atoms with Crippen LogP contribution >= 0.6 is 11.8 Å². The van der Waals surface area contributed by atoms with Crippen LogP contribution in [0.2, 0.25) is 0 Å². The second-order valence-electron chi connectivity index (χ2n) is 4.44. The van der Waals surface area contributed by atoms with Gasteiger partial charge in [-0.1, -0.05) is 0 Å². The molecule has 0 saturated heterocycles. The molecule has 1 aromatic rings. The van der Waals surface area contributed by atoms with Crippen LogP contribution < -0.4 is 5.73 Å². The highest BCUT2D eigenvalue weighted by atomic mass is 32.2. The van der Waals surface area contributed by atoms with Crippen LogP contribution in [-0.4, -0.2) is 36.5 Å². The van der Waals surface area contributed by atoms with Gasteiger partial charge in [-0.2, -0.15) is 11.8 Å². The van der Waals surface area contributed by atoms with E-state index in [0.29, 0.717) is 6.04 Å². The van der Waals surface area contributed by atoms with Gasteiger partial charge >= 0.3 is 0 Å². The van der Waals surface area contributed by atoms with E-state index in [2.05, 4.69) is 18.2 Å². The average Bonchev–Trinajstić information content (AvgIpc) is 2.70. The van der Waals surface area contributed by atoms with Crippen molar-refractivity contribution in [1.29, 1.82) is 0 Å². The van der Waals surface area contributed by atoms with Gasteiger partial charge in [0.05, 0.1) is 6.26 Å². The number of hydrogen-bond acceptors (Lipinski definition) is 4. The van der Waals surface area contributed by atoms with Crippen LogP contribution in [-0.2, 0) is 6.54 Å². The van der Waals surface area contributed by atoms with Crippen LogP contribution in [0, 0.1) is 6.92 Å². The molecule has 4 heteroatoms. The van der Waals surface area contributed by atoms with Gasteiger partial charge in [0.2, 0.25) is 0 Å². The van der Waals surface area contributed by atoms with E-state index >= 15 is 0 Å². The molecule has 1 heterocycles. The molecular weight excluding hydrogens is 232 g/mol. The number of nitrogens with two attached hydrogens (primary N) is 1. The fourth-order valence-electron chi connectivity index (χ4n) is 1.95. The Labute approximate surface area is 109 Å². The molecule has 0 aliphatic rings. The van der Waals surface area contributed by atoms with Crippen molar-refractivity contribution in [2.24, 2.45) is 5.73 Å². The predicted molar refractivity (Wildman–Crippen MR) is 75.4 cm³/mol. The molecule has 1 rings (SSSR count). The molecule has 0 spiro atoms. The summed E-state index contributed by atoms with van der Waals surface area (Å²) < 4.78 is 5.32. The molecule has 3 nitrogen and oxygen atoms in total. The zero-order valence-electron chi connectivity index (χ0n) is 11.1. The molecule has 0 bridgehead atoms. The van der Waals surface area contributed by atoms with Gasteiger partial charge in [-0.05, 0) is 44.9 Å². The number of likely N-dealkylation sites (N-methyl/N-ethyl adjacent to an activating group) is 1. The lowest BCUT2D eigenvalue weighted by molar-refractivity contribution is 0.225. The summed E-state index contributed by atoms with van der Waals surface area (Å²) in [5, 5.41) is 0. The van der Waals surface area contributed by atoms with Gasteiger partial charge in [0, 0.05) is 24.7 Å². The molecule has 98 valence electrons. The van der Waals surface area contributed by atoms with E-state index in [-0.39, 0.29) is 0 Å². The smallest absolute Gasteiger partial charge is 0.105 e. The highest BCUT2D eigenvalue weighted by Crippen LogP contribution is 2.14. The molecule has 1 unspecified atom stereocenters. The maximum Gasteiger partial charge on any atom is 0.105 e. The quantitative estimate of drug-likeness (QED) is 0.726. The Morgan fingerprint density at radius 2 is 2.29 bits per heavy atom. The predicted octanol–water partition coefficient (Wildman–Crippen LogP) is 2.49. The van der Waals surface area contributed by atoms with Crippen molar-refractivity contribution in [3.8, 4) is 0 Å². The van der Waals surface area contributed by atoms with Crippen molar-refractivity contribution in [3.63, 3.8) is 0 Å². The monoisotopic (exact) mass is 256 g/mol. The SMILES string of the molecule is CSCCCC(CN)N(C)Cc1ccoc1C. The molecule has 1 atom stereocenters. The maximum absolute atomic E-state index is 5.85. The number of hydrogen-bond donors (Lipinski definition) is 1. The van der Waals surface area contributed by atoms with E-state index in [1.807, 2.05) is 24.8 Å². The van der Waals surface area contributed by atoms with Gasteiger partial charge in [0.15, 0.2) is 0 Å². The van der Waals surface area contributed by atoms with Gasteiger partial charge in [0.25, 0.3) is 0 Å². The van der Waals surface area contributed by atoms with Gasteiger partial charge in [0.1, 0.15) is 5.76 Å². The number of thioether (sulfide) groups is 1. The van der Waals surface area contributed by atoms with Gasteiger partial charge < -0.3 is 10.2 Å². The molecule has 17 heavy (non-hydrogen) atoms. The number of nitrogens with zero attached hydrogens (tertiary/aromatic N) is 1. The zero-order valence-corrected chi connectivity index (χ0v) is 11.9. The first-order valence-corrected chi connectivity index (χ1v) is 7.50. The minimum absolute atomic E-state index is 0.469. The molecule has 0 aliphatic carbocycles. The summed E-state index contributed by atoms with van der Waals surface area (Å²) in [6, 6.07) is 2.51. The largest absolute Gasteiger partial charge is 0.469 e. The van der Waals surface area contributed by atoms with E-state index in [0.717, 1.165) is 18.8 Å². The van der Waals surface area contributed by atoms with Crippen molar-refractivity contribution in [2.75, 3.05) is 25.6 Å². The van der Waals surface area contributed by atoms with Crippen molar-refractivity contribution in [2.45, 2.75) is 32.4 Å². The summed E-state index contributed by atoms with van der Waals surface area (Å²) in [4.78, 5) is 2.33. The van der Waals surface area contributed by atoms with Gasteiger partial charge in [-0.15, -0.1) is 0 Å². The number of furan rings is 1. The van der Waals surface area contributed by atoms with E-state index in [9.17, 15) is 0 Å². The third-order valence-electron chi connectivity index (χ3n) is 3.17. The highest BCUT2D eigenvalue weighted by molar-refractivity contribution is 7.98. The third kappa shape index (κ3) is 4.74. The average molecular weight is 256 g/mol. The van der Waals surface area contributed by atoms with Crippen LogP contribution in [0.25, 0.3) is 0 Å². The number of aryl methyl sites for hydroxylation is 1. The van der Waals surface area contributed by atoms with Crippen molar-refractivity contribution in [1.82, 2.24) is 4.90 Å². The zero-order chi connectivity index (χ0) is 12.7. The summed E-state index contributed by atoms with van der Waals surface area (Å²) in [6.07, 6.45) is 6.31. The maximum atomic E-state index is 5.85. The molecule has 0 fully saturated rings. The highest BCUT2D eigenvalue weighted by Gasteiger charge is 2.14. The van der Waals surface area contributed by atoms with Crippen LogP contribution in [0.1, 0.15) is 24.2 Å². The second-order valence-corrected chi connectivity index (χ2v) is 5.43. The lowest BCUT2D eigenvalue weighted by Crippen LogP contribution is -2.37. The normalized spacial score (nSPS) is 13.2. The summed E-state index contributed by atoms with van der Waals surface area (Å²) in [5.74, 6) is 2.23. The lowest BCUT2D eigenvalue weighted by Gasteiger charge is -2.26. The summed E-state index contributed by atoms with van der Waals surface area (Å²) in [5.41, 5.74) is 7.11. The van der Waals surface area contributed by atoms with E-state index in [4.69, 9.17) is 10.2 Å². The molecular formula is C13H24N2OS. The fourth-order valence-corrected chi connectivity index (χ4v) is 2.41. The Morgan fingerprint density at radius 3 is 2.82 bits per heavy atom. The van der Waals surface area contributed by atoms with Gasteiger partial charge in [-0.3, -0.25) is 4.90 Å². The minimum atomic E-state index is 0.469. The molecule has 0 amide bonds. The van der Waals surface area contributed by atoms with Crippen LogP contribution in [0.4, 0.5) is 0 Å². The lowest BCUT2D eigenvalue weighted by atomic mass is 10.1. The summed E-state index contributed by atoms with van der Waals surface area (Å²) >= 11 is 1.90. The van der Waals surface area contributed by atoms with Crippen molar-refractivity contribution < 1.29 is 4.42 Å². The van der Waals surface area contributed by atoms with Crippen molar-refractivity contribution >= 4 is 11.8 Å². The Bertz CT molecular complexity index is 314. The Morgan fingerprint density at radius 1 is 1.53 bits per heavy atom. The fraction of sp³-hybridized carbons (Fsp3) is 0.692. The molecule has 0 aliphatic heterocycles. The molecule has 2 N–H and O–H groups in total. The first-order valence-electron chi connectivity index (χ1n) is 6.11.